The van der Waals surface area contributed by atoms with E-state index in [0.29, 0.717) is 13.0 Å². The van der Waals surface area contributed by atoms with Gasteiger partial charge in [-0.25, -0.2) is 0 Å². The molecule has 102 valence electrons. The summed E-state index contributed by atoms with van der Waals surface area (Å²) in [6.07, 6.45) is 1.65. The van der Waals surface area contributed by atoms with Crippen LogP contribution in [0.3, 0.4) is 0 Å². The van der Waals surface area contributed by atoms with E-state index in [9.17, 15) is 9.59 Å². The second kappa shape index (κ2) is 5.73. The maximum Gasteiger partial charge on any atom is 0.303 e. The second-order valence-electron chi connectivity index (χ2n) is 4.69. The molecule has 0 saturated carbocycles. The number of carbonyl (C=O) groups excluding carboxylic acids is 1. The lowest BCUT2D eigenvalue weighted by Crippen LogP contribution is -2.25. The Balaban J connectivity index is 1.95. The maximum atomic E-state index is 11.4. The van der Waals surface area contributed by atoms with Crippen molar-refractivity contribution in [3.8, 4) is 0 Å². The first-order valence-electron chi connectivity index (χ1n) is 6.44. The lowest BCUT2D eigenvalue weighted by Gasteiger charge is -2.15. The van der Waals surface area contributed by atoms with Gasteiger partial charge in [0, 0.05) is 37.8 Å². The molecule has 0 saturated heterocycles. The molecule has 1 aliphatic heterocycles. The molecule has 0 aromatic heterocycles. The van der Waals surface area contributed by atoms with Crippen LogP contribution in [0.2, 0.25) is 0 Å². The molecule has 0 fully saturated rings. The van der Waals surface area contributed by atoms with Gasteiger partial charge in [-0.3, -0.25) is 9.59 Å². The van der Waals surface area contributed by atoms with Crippen molar-refractivity contribution >= 4 is 23.3 Å². The monoisotopic (exact) mass is 262 g/mol. The third-order valence-corrected chi connectivity index (χ3v) is 3.25. The lowest BCUT2D eigenvalue weighted by molar-refractivity contribution is -0.137. The highest BCUT2D eigenvalue weighted by Gasteiger charge is 2.21. The van der Waals surface area contributed by atoms with E-state index in [0.717, 1.165) is 24.3 Å². The van der Waals surface area contributed by atoms with Gasteiger partial charge in [0.05, 0.1) is 0 Å². The Morgan fingerprint density at radius 3 is 2.89 bits per heavy atom. The number of amides is 1. The van der Waals surface area contributed by atoms with Gasteiger partial charge < -0.3 is 15.3 Å². The molecule has 2 rings (SSSR count). The van der Waals surface area contributed by atoms with E-state index in [1.807, 2.05) is 18.2 Å². The molecule has 0 unspecified atom stereocenters. The molecular weight excluding hydrogens is 244 g/mol. The summed E-state index contributed by atoms with van der Waals surface area (Å²) in [6, 6.07) is 5.92. The quantitative estimate of drug-likeness (QED) is 0.795. The van der Waals surface area contributed by atoms with Gasteiger partial charge in [-0.2, -0.15) is 0 Å². The van der Waals surface area contributed by atoms with Gasteiger partial charge in [-0.15, -0.1) is 0 Å². The fourth-order valence-corrected chi connectivity index (χ4v) is 2.31. The van der Waals surface area contributed by atoms with Crippen molar-refractivity contribution in [3.63, 3.8) is 0 Å². The van der Waals surface area contributed by atoms with Crippen LogP contribution in [-0.2, 0) is 16.0 Å². The lowest BCUT2D eigenvalue weighted by atomic mass is 10.1. The van der Waals surface area contributed by atoms with Crippen LogP contribution in [0.5, 0.6) is 0 Å². The molecule has 0 radical (unpaired) electrons. The molecule has 1 aliphatic rings. The first kappa shape index (κ1) is 13.4. The van der Waals surface area contributed by atoms with Crippen LogP contribution in [0.4, 0.5) is 11.4 Å². The number of fused-ring (bicyclic) bond motifs is 1. The summed E-state index contributed by atoms with van der Waals surface area (Å²) in [5, 5.41) is 11.8. The zero-order valence-corrected chi connectivity index (χ0v) is 11.0. The summed E-state index contributed by atoms with van der Waals surface area (Å²) < 4.78 is 0. The molecule has 1 amide bonds. The van der Waals surface area contributed by atoms with Crippen molar-refractivity contribution in [1.82, 2.24) is 0 Å². The van der Waals surface area contributed by atoms with E-state index >= 15 is 0 Å². The molecule has 1 heterocycles. The summed E-state index contributed by atoms with van der Waals surface area (Å²) >= 11 is 0. The van der Waals surface area contributed by atoms with E-state index in [4.69, 9.17) is 5.11 Å². The van der Waals surface area contributed by atoms with Gasteiger partial charge in [0.15, 0.2) is 0 Å². The Labute approximate surface area is 112 Å². The number of carboxylic acid groups (broad SMARTS) is 1. The molecule has 5 heteroatoms. The van der Waals surface area contributed by atoms with E-state index in [2.05, 4.69) is 5.32 Å². The van der Waals surface area contributed by atoms with Crippen molar-refractivity contribution in [2.45, 2.75) is 26.2 Å². The minimum Gasteiger partial charge on any atom is -0.481 e. The zero-order valence-electron chi connectivity index (χ0n) is 11.0. The summed E-state index contributed by atoms with van der Waals surface area (Å²) in [5.41, 5.74) is 3.14. The SMILES string of the molecule is CC(=O)N1CCc2cc(NCCCC(=O)O)ccc21. The molecule has 1 aromatic rings. The predicted octanol–water partition coefficient (Wildman–Crippen LogP) is 1.87. The van der Waals surface area contributed by atoms with Crippen LogP contribution in [0.15, 0.2) is 18.2 Å². The molecule has 0 spiro atoms. The van der Waals surface area contributed by atoms with Crippen molar-refractivity contribution in [3.05, 3.63) is 23.8 Å². The smallest absolute Gasteiger partial charge is 0.303 e. The average Bonchev–Trinajstić information content (AvgIpc) is 2.77. The molecule has 0 aliphatic carbocycles. The van der Waals surface area contributed by atoms with Gasteiger partial charge in [0.1, 0.15) is 0 Å². The van der Waals surface area contributed by atoms with Crippen LogP contribution in [0.25, 0.3) is 0 Å². The zero-order chi connectivity index (χ0) is 13.8. The van der Waals surface area contributed by atoms with Crippen LogP contribution < -0.4 is 10.2 Å². The third-order valence-electron chi connectivity index (χ3n) is 3.25. The first-order chi connectivity index (χ1) is 9.08. The largest absolute Gasteiger partial charge is 0.481 e. The number of nitrogens with one attached hydrogen (secondary N) is 1. The van der Waals surface area contributed by atoms with Crippen molar-refractivity contribution in [1.29, 1.82) is 0 Å². The minimum atomic E-state index is -0.771. The van der Waals surface area contributed by atoms with Crippen molar-refractivity contribution in [2.24, 2.45) is 0 Å². The second-order valence-corrected chi connectivity index (χ2v) is 4.69. The summed E-state index contributed by atoms with van der Waals surface area (Å²) in [4.78, 5) is 23.6. The van der Waals surface area contributed by atoms with Gasteiger partial charge in [0.25, 0.3) is 0 Å². The molecule has 0 atom stereocenters. The van der Waals surface area contributed by atoms with Crippen molar-refractivity contribution < 1.29 is 14.7 Å². The predicted molar refractivity (Wildman–Crippen MR) is 73.5 cm³/mol. The average molecular weight is 262 g/mol. The Morgan fingerprint density at radius 2 is 2.21 bits per heavy atom. The Morgan fingerprint density at radius 1 is 1.42 bits per heavy atom. The van der Waals surface area contributed by atoms with E-state index in [-0.39, 0.29) is 12.3 Å². The standard InChI is InChI=1S/C14H18N2O3/c1-10(17)16-8-6-11-9-12(4-5-13(11)16)15-7-2-3-14(18)19/h4-5,9,15H,2-3,6-8H2,1H3,(H,18,19). The number of anilines is 2. The van der Waals surface area contributed by atoms with E-state index < -0.39 is 5.97 Å². The molecule has 1 aromatic carbocycles. The summed E-state index contributed by atoms with van der Waals surface area (Å²) in [7, 11) is 0. The number of carboxylic acids is 1. The Kier molecular flexibility index (Phi) is 4.04. The fraction of sp³-hybridized carbons (Fsp3) is 0.429. The van der Waals surface area contributed by atoms with Crippen LogP contribution in [-0.4, -0.2) is 30.1 Å². The number of hydrogen-bond donors (Lipinski definition) is 2. The third kappa shape index (κ3) is 3.24. The number of hydrogen-bond acceptors (Lipinski definition) is 3. The summed E-state index contributed by atoms with van der Waals surface area (Å²) in [5.74, 6) is -0.700. The van der Waals surface area contributed by atoms with Gasteiger partial charge in [-0.1, -0.05) is 0 Å². The maximum absolute atomic E-state index is 11.4. The van der Waals surface area contributed by atoms with Crippen molar-refractivity contribution in [2.75, 3.05) is 23.3 Å². The number of aliphatic carboxylic acids is 1. The van der Waals surface area contributed by atoms with Gasteiger partial charge in [0.2, 0.25) is 5.91 Å². The molecule has 5 nitrogen and oxygen atoms in total. The molecule has 0 bridgehead atoms. The highest BCUT2D eigenvalue weighted by atomic mass is 16.4. The first-order valence-corrected chi connectivity index (χ1v) is 6.44. The topological polar surface area (TPSA) is 69.6 Å². The van der Waals surface area contributed by atoms with E-state index in [1.165, 1.54) is 5.56 Å². The number of benzene rings is 1. The van der Waals surface area contributed by atoms with Crippen LogP contribution in [0, 0.1) is 0 Å². The molecular formula is C14H18N2O3. The van der Waals surface area contributed by atoms with Crippen LogP contribution >= 0.6 is 0 Å². The fourth-order valence-electron chi connectivity index (χ4n) is 2.31. The minimum absolute atomic E-state index is 0.0703. The molecule has 2 N–H and O–H groups in total. The number of nitrogens with zero attached hydrogens (tertiary/aromatic N) is 1. The van der Waals surface area contributed by atoms with E-state index in [1.54, 1.807) is 11.8 Å². The molecule has 19 heavy (non-hydrogen) atoms. The number of carbonyl (C=O) groups is 2. The van der Waals surface area contributed by atoms with Crippen LogP contribution in [0.1, 0.15) is 25.3 Å². The number of rotatable bonds is 5. The summed E-state index contributed by atoms with van der Waals surface area (Å²) in [6.45, 7) is 2.96. The Bertz CT molecular complexity index is 499. The van der Waals surface area contributed by atoms with Gasteiger partial charge in [-0.05, 0) is 36.6 Å². The van der Waals surface area contributed by atoms with Gasteiger partial charge >= 0.3 is 5.97 Å². The normalized spacial score (nSPS) is 13.2. The highest BCUT2D eigenvalue weighted by molar-refractivity contribution is 5.94. The Hall–Kier alpha value is -2.04. The highest BCUT2D eigenvalue weighted by Crippen LogP contribution is 2.30.